The maximum Gasteiger partial charge on any atom is 0.433 e. The number of pyridine rings is 3. The van der Waals surface area contributed by atoms with E-state index in [4.69, 9.17) is 0 Å². The van der Waals surface area contributed by atoms with Crippen molar-refractivity contribution < 1.29 is 18.0 Å². The summed E-state index contributed by atoms with van der Waals surface area (Å²) in [6.07, 6.45) is 0.701. The van der Waals surface area contributed by atoms with Gasteiger partial charge in [-0.05, 0) is 36.4 Å². The Morgan fingerprint density at radius 3 is 2.45 bits per heavy atom. The number of nitrogens with one attached hydrogen (secondary N) is 2. The number of rotatable bonds is 4. The summed E-state index contributed by atoms with van der Waals surface area (Å²) >= 11 is 0. The number of aromatic amines is 1. The van der Waals surface area contributed by atoms with Crippen LogP contribution in [0.4, 0.5) is 18.9 Å². The van der Waals surface area contributed by atoms with E-state index < -0.39 is 17.8 Å². The van der Waals surface area contributed by atoms with Crippen molar-refractivity contribution in [1.82, 2.24) is 24.7 Å². The van der Waals surface area contributed by atoms with Gasteiger partial charge in [0.2, 0.25) is 5.56 Å². The second kappa shape index (κ2) is 9.90. The minimum absolute atomic E-state index is 0.0853. The lowest BCUT2D eigenvalue weighted by Gasteiger charge is -2.10. The molecule has 11 heteroatoms. The molecule has 0 aliphatic rings. The fourth-order valence-electron chi connectivity index (χ4n) is 2.75. The van der Waals surface area contributed by atoms with Gasteiger partial charge in [0, 0.05) is 36.4 Å². The summed E-state index contributed by atoms with van der Waals surface area (Å²) in [4.78, 5) is 33.7. The fourth-order valence-corrected chi connectivity index (χ4v) is 2.75. The third-order valence-electron chi connectivity index (χ3n) is 4.23. The lowest BCUT2D eigenvalue weighted by atomic mass is 10.2. The van der Waals surface area contributed by atoms with Crippen molar-refractivity contribution in [1.29, 1.82) is 0 Å². The first-order valence-corrected chi connectivity index (χ1v) is 9.85. The molecule has 0 atom stereocenters. The predicted molar refractivity (Wildman–Crippen MR) is 116 cm³/mol. The van der Waals surface area contributed by atoms with Crippen LogP contribution in [0, 0.1) is 0 Å². The number of carbonyl (C=O) groups is 1. The molecule has 4 heterocycles. The Bertz CT molecular complexity index is 1260. The highest BCUT2D eigenvalue weighted by atomic mass is 19.4. The van der Waals surface area contributed by atoms with Crippen molar-refractivity contribution in [3.8, 4) is 17.1 Å². The lowest BCUT2D eigenvalue weighted by molar-refractivity contribution is -0.142. The zero-order valence-electron chi connectivity index (χ0n) is 17.6. The van der Waals surface area contributed by atoms with Gasteiger partial charge in [-0.3, -0.25) is 14.6 Å². The van der Waals surface area contributed by atoms with Crippen LogP contribution in [0.1, 0.15) is 29.9 Å². The molecule has 0 aliphatic carbocycles. The molecular formula is C22H19F3N6O2. The fraction of sp³-hybridized carbons (Fsp3) is 0.136. The van der Waals surface area contributed by atoms with E-state index in [1.807, 2.05) is 13.8 Å². The van der Waals surface area contributed by atoms with E-state index in [0.717, 1.165) is 12.3 Å². The molecule has 4 rings (SSSR count). The normalized spacial score (nSPS) is 10.8. The highest BCUT2D eigenvalue weighted by Gasteiger charge is 2.36. The van der Waals surface area contributed by atoms with Crippen LogP contribution < -0.4 is 10.9 Å². The zero-order valence-corrected chi connectivity index (χ0v) is 17.6. The molecule has 0 fully saturated rings. The molecule has 0 unspecified atom stereocenters. The number of anilines is 1. The smallest absolute Gasteiger partial charge is 0.327 e. The van der Waals surface area contributed by atoms with Gasteiger partial charge < -0.3 is 10.3 Å². The Balaban J connectivity index is 0.00000149. The zero-order chi connectivity index (χ0) is 24.0. The van der Waals surface area contributed by atoms with Crippen molar-refractivity contribution in [2.24, 2.45) is 0 Å². The molecule has 2 N–H and O–H groups in total. The van der Waals surface area contributed by atoms with E-state index in [1.54, 1.807) is 12.1 Å². The number of halogens is 3. The number of H-pyrrole nitrogens is 1. The number of nitrogens with zero attached hydrogens (tertiary/aromatic N) is 4. The van der Waals surface area contributed by atoms with E-state index in [2.05, 4.69) is 25.4 Å². The second-order valence-electron chi connectivity index (χ2n) is 6.37. The number of alkyl halides is 3. The third kappa shape index (κ3) is 5.50. The highest BCUT2D eigenvalue weighted by molar-refractivity contribution is 6.04. The van der Waals surface area contributed by atoms with Crippen LogP contribution >= 0.6 is 0 Å². The standard InChI is InChI=1S/C20H13F3N6O2.C2H6/c21-20(22,23)16-8-15(12-2-1-7-24-9-12)28-29(16)17-5-3-13(10-25-17)19(31)27-14-4-6-18(30)26-11-14;1-2/h1-11H,(H,26,30)(H,27,31);1-2H3. The monoisotopic (exact) mass is 456 g/mol. The van der Waals surface area contributed by atoms with Crippen molar-refractivity contribution in [3.05, 3.63) is 88.9 Å². The van der Waals surface area contributed by atoms with Crippen molar-refractivity contribution in [2.75, 3.05) is 5.32 Å². The minimum atomic E-state index is -4.67. The number of hydrogen-bond acceptors (Lipinski definition) is 5. The molecule has 170 valence electrons. The molecule has 0 radical (unpaired) electrons. The maximum atomic E-state index is 13.5. The predicted octanol–water partition coefficient (Wildman–Crippen LogP) is 4.31. The summed E-state index contributed by atoms with van der Waals surface area (Å²) in [6, 6.07) is 9.35. The Morgan fingerprint density at radius 2 is 1.88 bits per heavy atom. The first kappa shape index (κ1) is 23.4. The summed E-state index contributed by atoms with van der Waals surface area (Å²) in [7, 11) is 0. The third-order valence-corrected chi connectivity index (χ3v) is 4.23. The van der Waals surface area contributed by atoms with Crippen LogP contribution in [0.15, 0.2) is 72.0 Å². The van der Waals surface area contributed by atoms with Gasteiger partial charge in [-0.1, -0.05) is 13.8 Å². The first-order chi connectivity index (χ1) is 15.8. The molecule has 0 aliphatic heterocycles. The van der Waals surface area contributed by atoms with Crippen LogP contribution in [0.3, 0.4) is 0 Å². The summed E-state index contributed by atoms with van der Waals surface area (Å²) in [5.41, 5.74) is -0.367. The largest absolute Gasteiger partial charge is 0.433 e. The van der Waals surface area contributed by atoms with Crippen LogP contribution in [0.5, 0.6) is 0 Å². The second-order valence-corrected chi connectivity index (χ2v) is 6.37. The summed E-state index contributed by atoms with van der Waals surface area (Å²) in [5, 5.41) is 6.58. The van der Waals surface area contributed by atoms with E-state index in [9.17, 15) is 22.8 Å². The Kier molecular flexibility index (Phi) is 7.01. The van der Waals surface area contributed by atoms with E-state index in [1.165, 1.54) is 42.9 Å². The maximum absolute atomic E-state index is 13.5. The van der Waals surface area contributed by atoms with E-state index in [0.29, 0.717) is 15.9 Å². The Hall–Kier alpha value is -4.28. The summed E-state index contributed by atoms with van der Waals surface area (Å²) in [6.45, 7) is 4.00. The number of carbonyl (C=O) groups excluding carboxylic acids is 1. The van der Waals surface area contributed by atoms with Gasteiger partial charge in [-0.25, -0.2) is 9.67 Å². The first-order valence-electron chi connectivity index (χ1n) is 9.85. The molecule has 33 heavy (non-hydrogen) atoms. The molecular weight excluding hydrogens is 437 g/mol. The lowest BCUT2D eigenvalue weighted by Crippen LogP contribution is -2.16. The van der Waals surface area contributed by atoms with Gasteiger partial charge in [0.15, 0.2) is 11.5 Å². The quantitative estimate of drug-likeness (QED) is 0.476. The van der Waals surface area contributed by atoms with E-state index in [-0.39, 0.29) is 22.6 Å². The van der Waals surface area contributed by atoms with Gasteiger partial charge in [0.1, 0.15) is 0 Å². The molecule has 0 bridgehead atoms. The van der Waals surface area contributed by atoms with Crippen LogP contribution in [-0.4, -0.2) is 30.6 Å². The van der Waals surface area contributed by atoms with Crippen LogP contribution in [-0.2, 0) is 6.18 Å². The molecule has 0 spiro atoms. The highest BCUT2D eigenvalue weighted by Crippen LogP contribution is 2.33. The van der Waals surface area contributed by atoms with E-state index >= 15 is 0 Å². The number of hydrogen-bond donors (Lipinski definition) is 2. The van der Waals surface area contributed by atoms with Crippen molar-refractivity contribution >= 4 is 11.6 Å². The molecule has 8 nitrogen and oxygen atoms in total. The molecule has 0 saturated heterocycles. The number of amides is 1. The summed E-state index contributed by atoms with van der Waals surface area (Å²) < 4.78 is 41.3. The topological polar surface area (TPSA) is 106 Å². The van der Waals surface area contributed by atoms with Crippen molar-refractivity contribution in [2.45, 2.75) is 20.0 Å². The van der Waals surface area contributed by atoms with Gasteiger partial charge >= 0.3 is 6.18 Å². The molecule has 0 aromatic carbocycles. The van der Waals surface area contributed by atoms with Crippen molar-refractivity contribution in [3.63, 3.8) is 0 Å². The summed E-state index contributed by atoms with van der Waals surface area (Å²) in [5.74, 6) is -0.651. The average molecular weight is 456 g/mol. The van der Waals surface area contributed by atoms with Crippen LogP contribution in [0.2, 0.25) is 0 Å². The van der Waals surface area contributed by atoms with Gasteiger partial charge in [-0.15, -0.1) is 0 Å². The molecule has 0 saturated carbocycles. The minimum Gasteiger partial charge on any atom is -0.327 e. The average Bonchev–Trinajstić information content (AvgIpc) is 3.29. The Morgan fingerprint density at radius 1 is 1.09 bits per heavy atom. The Labute approximate surface area is 186 Å². The number of aromatic nitrogens is 5. The molecule has 4 aromatic heterocycles. The molecule has 1 amide bonds. The van der Waals surface area contributed by atoms with Gasteiger partial charge in [0.05, 0.1) is 16.9 Å². The van der Waals surface area contributed by atoms with Gasteiger partial charge in [0.25, 0.3) is 5.91 Å². The van der Waals surface area contributed by atoms with Crippen LogP contribution in [0.25, 0.3) is 17.1 Å². The van der Waals surface area contributed by atoms with Gasteiger partial charge in [-0.2, -0.15) is 18.3 Å². The SMILES string of the molecule is CC.O=C(Nc1ccc(=O)[nH]c1)c1ccc(-n2nc(-c3cccnc3)cc2C(F)(F)F)nc1. The molecule has 4 aromatic rings.